The van der Waals surface area contributed by atoms with E-state index >= 15 is 0 Å². The maximum absolute atomic E-state index is 11.9. The van der Waals surface area contributed by atoms with Crippen LogP contribution in [-0.2, 0) is 4.79 Å². The number of piperidine rings is 1. The van der Waals surface area contributed by atoms with Gasteiger partial charge in [-0.25, -0.2) is 4.98 Å². The van der Waals surface area contributed by atoms with Gasteiger partial charge < -0.3 is 10.2 Å². The summed E-state index contributed by atoms with van der Waals surface area (Å²) in [5, 5.41) is 3.49. The molecule has 1 aromatic rings. The summed E-state index contributed by atoms with van der Waals surface area (Å²) >= 11 is 9.31. The molecule has 0 aliphatic carbocycles. The van der Waals surface area contributed by atoms with Crippen LogP contribution in [0.2, 0.25) is 5.02 Å². The van der Waals surface area contributed by atoms with E-state index in [-0.39, 0.29) is 12.5 Å². The number of aromatic nitrogens is 1. The Kier molecular flexibility index (Phi) is 4.83. The number of hydrogen-bond acceptors (Lipinski definition) is 3. The molecule has 0 spiro atoms. The van der Waals surface area contributed by atoms with Gasteiger partial charge in [-0.15, -0.1) is 0 Å². The maximum Gasteiger partial charge on any atom is 0.241 e. The van der Waals surface area contributed by atoms with Crippen LogP contribution in [0.25, 0.3) is 0 Å². The molecule has 0 saturated carbocycles. The van der Waals surface area contributed by atoms with E-state index < -0.39 is 0 Å². The monoisotopic (exact) mass is 331 g/mol. The number of hydrogen-bond donors (Lipinski definition) is 1. The Morgan fingerprint density at radius 3 is 2.83 bits per heavy atom. The van der Waals surface area contributed by atoms with Gasteiger partial charge in [0.05, 0.1) is 11.6 Å². The van der Waals surface area contributed by atoms with Gasteiger partial charge in [0, 0.05) is 23.8 Å². The van der Waals surface area contributed by atoms with E-state index in [4.69, 9.17) is 11.6 Å². The molecule has 98 valence electrons. The van der Waals surface area contributed by atoms with Gasteiger partial charge in [0.1, 0.15) is 5.82 Å². The Hall–Kier alpha value is -0.810. The Bertz CT molecular complexity index is 435. The highest BCUT2D eigenvalue weighted by Gasteiger charge is 2.16. The zero-order valence-electron chi connectivity index (χ0n) is 9.96. The van der Waals surface area contributed by atoms with E-state index in [1.807, 2.05) is 4.90 Å². The summed E-state index contributed by atoms with van der Waals surface area (Å²) in [6, 6.07) is 1.75. The number of halogens is 2. The molecule has 6 heteroatoms. The number of nitrogens with one attached hydrogen (secondary N) is 1. The summed E-state index contributed by atoms with van der Waals surface area (Å²) < 4.78 is 0.820. The molecule has 1 aromatic heterocycles. The van der Waals surface area contributed by atoms with Crippen molar-refractivity contribution in [3.05, 3.63) is 21.8 Å². The van der Waals surface area contributed by atoms with Crippen LogP contribution >= 0.6 is 27.5 Å². The number of carbonyl (C=O) groups excluding carboxylic acids is 1. The molecule has 0 unspecified atom stereocenters. The number of carbonyl (C=O) groups is 1. The van der Waals surface area contributed by atoms with Crippen LogP contribution in [0.15, 0.2) is 16.7 Å². The van der Waals surface area contributed by atoms with Crippen molar-refractivity contribution in [2.45, 2.75) is 19.3 Å². The molecule has 1 N–H and O–H groups in total. The minimum atomic E-state index is 0.107. The number of rotatable bonds is 3. The molecular weight excluding hydrogens is 318 g/mol. The molecule has 1 aliphatic rings. The van der Waals surface area contributed by atoms with E-state index in [2.05, 4.69) is 26.2 Å². The number of pyridine rings is 1. The quantitative estimate of drug-likeness (QED) is 0.925. The molecule has 1 amide bonds. The zero-order chi connectivity index (χ0) is 13.0. The lowest BCUT2D eigenvalue weighted by Gasteiger charge is -2.26. The normalized spacial score (nSPS) is 15.6. The van der Waals surface area contributed by atoms with Gasteiger partial charge in [-0.3, -0.25) is 4.79 Å². The predicted octanol–water partition coefficient (Wildman–Crippen LogP) is 2.92. The Balaban J connectivity index is 1.88. The van der Waals surface area contributed by atoms with Crippen molar-refractivity contribution in [2.24, 2.45) is 0 Å². The standard InChI is InChI=1S/C12H15BrClN3O/c13-9-6-10(14)12(15-7-9)16-8-11(18)17-4-2-1-3-5-17/h6-7H,1-5,8H2,(H,15,16). The van der Waals surface area contributed by atoms with Gasteiger partial charge in [-0.1, -0.05) is 11.6 Å². The summed E-state index contributed by atoms with van der Waals surface area (Å²) in [6.45, 7) is 1.97. The third-order valence-electron chi connectivity index (χ3n) is 2.92. The number of likely N-dealkylation sites (tertiary alicyclic amines) is 1. The van der Waals surface area contributed by atoms with Gasteiger partial charge in [-0.05, 0) is 41.3 Å². The molecule has 0 bridgehead atoms. The van der Waals surface area contributed by atoms with E-state index in [0.717, 1.165) is 30.4 Å². The molecule has 2 heterocycles. The fourth-order valence-corrected chi connectivity index (χ4v) is 2.66. The van der Waals surface area contributed by atoms with E-state index in [1.165, 1.54) is 6.42 Å². The highest BCUT2D eigenvalue weighted by molar-refractivity contribution is 9.10. The fraction of sp³-hybridized carbons (Fsp3) is 0.500. The average molecular weight is 333 g/mol. The van der Waals surface area contributed by atoms with Crippen LogP contribution in [0.1, 0.15) is 19.3 Å². The molecule has 4 nitrogen and oxygen atoms in total. The van der Waals surface area contributed by atoms with Crippen molar-refractivity contribution in [1.29, 1.82) is 0 Å². The summed E-state index contributed by atoms with van der Waals surface area (Å²) in [7, 11) is 0. The van der Waals surface area contributed by atoms with Gasteiger partial charge >= 0.3 is 0 Å². The maximum atomic E-state index is 11.9. The van der Waals surface area contributed by atoms with Crippen LogP contribution in [-0.4, -0.2) is 35.4 Å². The smallest absolute Gasteiger partial charge is 0.241 e. The van der Waals surface area contributed by atoms with Gasteiger partial charge in [0.15, 0.2) is 0 Å². The van der Waals surface area contributed by atoms with E-state index in [0.29, 0.717) is 10.8 Å². The molecule has 0 aromatic carbocycles. The highest BCUT2D eigenvalue weighted by Crippen LogP contribution is 2.22. The molecule has 1 saturated heterocycles. The molecule has 0 atom stereocenters. The predicted molar refractivity (Wildman–Crippen MR) is 75.9 cm³/mol. The number of nitrogens with zero attached hydrogens (tertiary/aromatic N) is 2. The van der Waals surface area contributed by atoms with Crippen molar-refractivity contribution in [2.75, 3.05) is 25.0 Å². The summed E-state index contributed by atoms with van der Waals surface area (Å²) in [5.74, 6) is 0.653. The van der Waals surface area contributed by atoms with E-state index in [1.54, 1.807) is 12.3 Å². The topological polar surface area (TPSA) is 45.2 Å². The first kappa shape index (κ1) is 13.6. The van der Waals surface area contributed by atoms with Crippen LogP contribution in [0.4, 0.5) is 5.82 Å². The second-order valence-electron chi connectivity index (χ2n) is 4.28. The first-order chi connectivity index (χ1) is 8.66. The lowest BCUT2D eigenvalue weighted by Crippen LogP contribution is -2.39. The van der Waals surface area contributed by atoms with Crippen molar-refractivity contribution < 1.29 is 4.79 Å². The molecule has 18 heavy (non-hydrogen) atoms. The second-order valence-corrected chi connectivity index (χ2v) is 5.60. The van der Waals surface area contributed by atoms with Crippen LogP contribution in [0.5, 0.6) is 0 Å². The van der Waals surface area contributed by atoms with E-state index in [9.17, 15) is 4.79 Å². The summed E-state index contributed by atoms with van der Waals surface area (Å²) in [4.78, 5) is 18.0. The Morgan fingerprint density at radius 2 is 2.17 bits per heavy atom. The first-order valence-corrected chi connectivity index (χ1v) is 7.16. The lowest BCUT2D eigenvalue weighted by atomic mass is 10.1. The van der Waals surface area contributed by atoms with Crippen LogP contribution in [0.3, 0.4) is 0 Å². The second kappa shape index (κ2) is 6.38. The fourth-order valence-electron chi connectivity index (χ4n) is 1.96. The average Bonchev–Trinajstić information content (AvgIpc) is 2.38. The van der Waals surface area contributed by atoms with Crippen LogP contribution in [0, 0.1) is 0 Å². The Labute approximate surface area is 120 Å². The van der Waals surface area contributed by atoms with Crippen molar-refractivity contribution in [1.82, 2.24) is 9.88 Å². The SMILES string of the molecule is O=C(CNc1ncc(Br)cc1Cl)N1CCCCC1. The van der Waals surface area contributed by atoms with Crippen molar-refractivity contribution in [3.8, 4) is 0 Å². The Morgan fingerprint density at radius 1 is 1.44 bits per heavy atom. The summed E-state index contributed by atoms with van der Waals surface area (Å²) in [5.41, 5.74) is 0. The minimum Gasteiger partial charge on any atom is -0.360 e. The number of amides is 1. The lowest BCUT2D eigenvalue weighted by molar-refractivity contribution is -0.130. The van der Waals surface area contributed by atoms with Crippen LogP contribution < -0.4 is 5.32 Å². The van der Waals surface area contributed by atoms with Gasteiger partial charge in [-0.2, -0.15) is 0 Å². The first-order valence-electron chi connectivity index (χ1n) is 5.99. The van der Waals surface area contributed by atoms with Crippen molar-refractivity contribution >= 4 is 39.3 Å². The summed E-state index contributed by atoms with van der Waals surface area (Å²) in [6.07, 6.45) is 5.07. The third kappa shape index (κ3) is 3.59. The van der Waals surface area contributed by atoms with Gasteiger partial charge in [0.2, 0.25) is 5.91 Å². The largest absolute Gasteiger partial charge is 0.360 e. The van der Waals surface area contributed by atoms with Gasteiger partial charge in [0.25, 0.3) is 0 Å². The molecule has 0 radical (unpaired) electrons. The minimum absolute atomic E-state index is 0.107. The number of anilines is 1. The highest BCUT2D eigenvalue weighted by atomic mass is 79.9. The third-order valence-corrected chi connectivity index (χ3v) is 3.65. The zero-order valence-corrected chi connectivity index (χ0v) is 12.3. The molecule has 2 rings (SSSR count). The van der Waals surface area contributed by atoms with Crippen molar-refractivity contribution in [3.63, 3.8) is 0 Å². The molecular formula is C12H15BrClN3O. The molecule has 1 fully saturated rings. The molecule has 1 aliphatic heterocycles.